The van der Waals surface area contributed by atoms with Gasteiger partial charge in [0, 0.05) is 13.5 Å². The number of ether oxygens (including phenoxy) is 2. The number of hydrogen-bond acceptors (Lipinski definition) is 6. The molecule has 9 heteroatoms. The number of aromatic hydroxyl groups is 1. The second kappa shape index (κ2) is 8.98. The molecule has 0 unspecified atom stereocenters. The van der Waals surface area contributed by atoms with Crippen molar-refractivity contribution in [2.24, 2.45) is 0 Å². The Morgan fingerprint density at radius 1 is 1.03 bits per heavy atom. The first kappa shape index (κ1) is 24.1. The molecule has 3 aromatic rings. The van der Waals surface area contributed by atoms with E-state index in [4.69, 9.17) is 9.47 Å². The van der Waals surface area contributed by atoms with Gasteiger partial charge in [0.05, 0.1) is 25.9 Å². The number of rotatable bonds is 4. The molecule has 0 spiro atoms. The number of fused-ring (bicyclic) bond motifs is 1. The van der Waals surface area contributed by atoms with Gasteiger partial charge in [0.25, 0.3) is 5.56 Å². The number of aromatic amines is 1. The molecule has 35 heavy (non-hydrogen) atoms. The van der Waals surface area contributed by atoms with Gasteiger partial charge in [-0.25, -0.2) is 9.36 Å². The number of carbonyl (C=O) groups is 1. The van der Waals surface area contributed by atoms with Crippen molar-refractivity contribution < 1.29 is 19.4 Å². The molecule has 2 heterocycles. The average molecular weight is 480 g/mol. The minimum absolute atomic E-state index is 0.0904. The molecule has 0 fully saturated rings. The van der Waals surface area contributed by atoms with Crippen molar-refractivity contribution in [1.82, 2.24) is 14.5 Å². The minimum atomic E-state index is -0.933. The molecular weight excluding hydrogens is 450 g/mol. The summed E-state index contributed by atoms with van der Waals surface area (Å²) in [5.41, 5.74) is 2.87. The third-order valence-corrected chi connectivity index (χ3v) is 6.53. The van der Waals surface area contributed by atoms with Gasteiger partial charge in [0.2, 0.25) is 11.8 Å². The number of amides is 1. The maximum absolute atomic E-state index is 13.2. The Morgan fingerprint density at radius 3 is 2.20 bits per heavy atom. The highest BCUT2D eigenvalue weighted by Crippen LogP contribution is 2.42. The Kier molecular flexibility index (Phi) is 6.19. The molecule has 0 bridgehead atoms. The Labute approximate surface area is 202 Å². The van der Waals surface area contributed by atoms with Crippen LogP contribution >= 0.6 is 0 Å². The molecule has 1 aliphatic rings. The van der Waals surface area contributed by atoms with Gasteiger partial charge in [-0.2, -0.15) is 0 Å². The molecular formula is C26H29N3O6. The largest absolute Gasteiger partial charge is 0.494 e. The summed E-state index contributed by atoms with van der Waals surface area (Å²) in [6, 6.07) is 6.39. The van der Waals surface area contributed by atoms with Crippen molar-refractivity contribution in [1.29, 1.82) is 0 Å². The fourth-order valence-electron chi connectivity index (χ4n) is 5.11. The summed E-state index contributed by atoms with van der Waals surface area (Å²) in [6.07, 6.45) is 0.528. The number of carbonyl (C=O) groups excluding carboxylic acids is 1. The molecule has 2 N–H and O–H groups in total. The van der Waals surface area contributed by atoms with E-state index in [1.165, 1.54) is 26.0 Å². The molecule has 0 radical (unpaired) electrons. The van der Waals surface area contributed by atoms with Crippen LogP contribution in [-0.4, -0.2) is 46.2 Å². The van der Waals surface area contributed by atoms with Gasteiger partial charge in [-0.05, 0) is 61.6 Å². The van der Waals surface area contributed by atoms with Crippen LogP contribution < -0.4 is 20.7 Å². The summed E-state index contributed by atoms with van der Waals surface area (Å²) >= 11 is 0. The number of H-pyrrole nitrogens is 1. The topological polar surface area (TPSA) is 114 Å². The third kappa shape index (κ3) is 3.96. The lowest BCUT2D eigenvalue weighted by Gasteiger charge is -2.37. The zero-order valence-corrected chi connectivity index (χ0v) is 20.7. The second-order valence-corrected chi connectivity index (χ2v) is 8.85. The maximum atomic E-state index is 13.2. The van der Waals surface area contributed by atoms with Crippen LogP contribution in [0.15, 0.2) is 33.9 Å². The fourth-order valence-corrected chi connectivity index (χ4v) is 5.11. The van der Waals surface area contributed by atoms with E-state index in [1.807, 2.05) is 39.0 Å². The van der Waals surface area contributed by atoms with Crippen LogP contribution in [0.1, 0.15) is 46.3 Å². The predicted octanol–water partition coefficient (Wildman–Crippen LogP) is 2.67. The molecule has 0 saturated heterocycles. The molecule has 0 saturated carbocycles. The summed E-state index contributed by atoms with van der Waals surface area (Å²) in [5.74, 6) is 0.175. The smallest absolute Gasteiger partial charge is 0.335 e. The SMILES string of the molecule is COc1cc2c(cc1OC)[C@H](c1c(O)n(-c3c(C)cc(C)cc3C)c(=O)[nH]c1=O)N(C(C)=O)CC2. The number of nitrogens with zero attached hydrogens (tertiary/aromatic N) is 2. The highest BCUT2D eigenvalue weighted by atomic mass is 16.5. The van der Waals surface area contributed by atoms with Gasteiger partial charge >= 0.3 is 5.69 Å². The Morgan fingerprint density at radius 2 is 1.63 bits per heavy atom. The molecule has 0 aliphatic carbocycles. The van der Waals surface area contributed by atoms with E-state index in [2.05, 4.69) is 4.98 Å². The summed E-state index contributed by atoms with van der Waals surface area (Å²) < 4.78 is 12.0. The van der Waals surface area contributed by atoms with Crippen molar-refractivity contribution >= 4 is 5.91 Å². The summed E-state index contributed by atoms with van der Waals surface area (Å²) in [7, 11) is 3.03. The van der Waals surface area contributed by atoms with Crippen LogP contribution in [0.2, 0.25) is 0 Å². The van der Waals surface area contributed by atoms with Crippen molar-refractivity contribution in [2.45, 2.75) is 40.2 Å². The normalized spacial score (nSPS) is 15.0. The molecule has 4 rings (SSSR count). The van der Waals surface area contributed by atoms with Crippen LogP contribution in [0, 0.1) is 20.8 Å². The van der Waals surface area contributed by atoms with Crippen molar-refractivity contribution in [3.05, 3.63) is 78.5 Å². The van der Waals surface area contributed by atoms with Crippen LogP contribution in [-0.2, 0) is 11.2 Å². The third-order valence-electron chi connectivity index (χ3n) is 6.53. The number of hydrogen-bond donors (Lipinski definition) is 2. The highest BCUT2D eigenvalue weighted by Gasteiger charge is 2.37. The van der Waals surface area contributed by atoms with Gasteiger partial charge in [0.15, 0.2) is 11.5 Å². The Balaban J connectivity index is 2.06. The van der Waals surface area contributed by atoms with Gasteiger partial charge in [-0.1, -0.05) is 17.7 Å². The number of methoxy groups -OCH3 is 2. The quantitative estimate of drug-likeness (QED) is 0.595. The summed E-state index contributed by atoms with van der Waals surface area (Å²) in [5, 5.41) is 11.5. The second-order valence-electron chi connectivity index (χ2n) is 8.85. The Bertz CT molecular complexity index is 1430. The first-order valence-corrected chi connectivity index (χ1v) is 11.3. The van der Waals surface area contributed by atoms with E-state index in [1.54, 1.807) is 6.07 Å². The van der Waals surface area contributed by atoms with E-state index in [9.17, 15) is 19.5 Å². The summed E-state index contributed by atoms with van der Waals surface area (Å²) in [4.78, 5) is 42.7. The van der Waals surface area contributed by atoms with E-state index >= 15 is 0 Å². The number of aromatic nitrogens is 2. The predicted molar refractivity (Wildman–Crippen MR) is 131 cm³/mol. The van der Waals surface area contributed by atoms with Gasteiger partial charge in [0.1, 0.15) is 5.56 Å². The molecule has 184 valence electrons. The van der Waals surface area contributed by atoms with E-state index in [0.717, 1.165) is 26.8 Å². The number of aryl methyl sites for hydroxylation is 3. The first-order chi connectivity index (χ1) is 16.6. The highest BCUT2D eigenvalue weighted by molar-refractivity contribution is 5.75. The lowest BCUT2D eigenvalue weighted by atomic mass is 9.88. The van der Waals surface area contributed by atoms with Crippen LogP contribution in [0.4, 0.5) is 0 Å². The first-order valence-electron chi connectivity index (χ1n) is 11.3. The number of nitrogens with one attached hydrogen (secondary N) is 1. The van der Waals surface area contributed by atoms with Gasteiger partial charge in [-0.15, -0.1) is 0 Å². The standard InChI is InChI=1S/C26H29N3O6/c1-13-9-14(2)22(15(3)10-13)29-25(32)21(24(31)27-26(29)33)23-18-12-20(35-6)19(34-5)11-17(18)7-8-28(23)16(4)30/h9-12,23,32H,7-8H2,1-6H3,(H,27,31,33)/t23-/m1/s1. The minimum Gasteiger partial charge on any atom is -0.494 e. The van der Waals surface area contributed by atoms with E-state index in [0.29, 0.717) is 35.7 Å². The molecule has 1 aliphatic heterocycles. The van der Waals surface area contributed by atoms with Crippen molar-refractivity contribution in [2.75, 3.05) is 20.8 Å². The zero-order valence-electron chi connectivity index (χ0n) is 20.7. The maximum Gasteiger partial charge on any atom is 0.335 e. The lowest BCUT2D eigenvalue weighted by molar-refractivity contribution is -0.130. The average Bonchev–Trinajstić information content (AvgIpc) is 2.79. The summed E-state index contributed by atoms with van der Waals surface area (Å²) in [6.45, 7) is 7.34. The van der Waals surface area contributed by atoms with E-state index in [-0.39, 0.29) is 11.5 Å². The molecule has 1 aromatic heterocycles. The monoisotopic (exact) mass is 479 g/mol. The van der Waals surface area contributed by atoms with Gasteiger partial charge < -0.3 is 19.5 Å². The van der Waals surface area contributed by atoms with Crippen LogP contribution in [0.25, 0.3) is 5.69 Å². The number of benzene rings is 2. The van der Waals surface area contributed by atoms with Crippen LogP contribution in [0.3, 0.4) is 0 Å². The van der Waals surface area contributed by atoms with Crippen molar-refractivity contribution in [3.8, 4) is 23.1 Å². The Hall–Kier alpha value is -4.01. The molecule has 9 nitrogen and oxygen atoms in total. The molecule has 2 aromatic carbocycles. The molecule has 1 atom stereocenters. The van der Waals surface area contributed by atoms with E-state index < -0.39 is 23.2 Å². The van der Waals surface area contributed by atoms with Crippen molar-refractivity contribution in [3.63, 3.8) is 0 Å². The zero-order chi connectivity index (χ0) is 25.6. The molecule has 1 amide bonds. The fraction of sp³-hybridized carbons (Fsp3) is 0.346. The lowest BCUT2D eigenvalue weighted by Crippen LogP contribution is -2.43. The van der Waals surface area contributed by atoms with Crippen LogP contribution in [0.5, 0.6) is 17.4 Å². The van der Waals surface area contributed by atoms with Gasteiger partial charge in [-0.3, -0.25) is 14.6 Å².